The van der Waals surface area contributed by atoms with Crippen LogP contribution in [0, 0.1) is 0 Å². The van der Waals surface area contributed by atoms with Crippen LogP contribution in [-0.2, 0) is 28.6 Å². The zero-order chi connectivity index (χ0) is 47.9. The van der Waals surface area contributed by atoms with E-state index >= 15 is 0 Å². The van der Waals surface area contributed by atoms with Crippen LogP contribution < -0.4 is 0 Å². The SMILES string of the molecule is CC\C=C/C=C\C=C/C=C\C=C/CCCC(=O)OCC(COC(=O)CCCCCCC\C=C/C=C\C=C/C=C\C=C/CCC)OC(=O)CCC/C=C\C/C=C\C/C=C\C/C=C\CCCCC. The average molecular weight is 905 g/mol. The number of hydrogen-bond acceptors (Lipinski definition) is 6. The molecule has 0 aromatic carbocycles. The molecule has 0 heterocycles. The van der Waals surface area contributed by atoms with Crippen molar-refractivity contribution in [3.63, 3.8) is 0 Å². The van der Waals surface area contributed by atoms with Crippen LogP contribution in [0.15, 0.2) is 170 Å². The summed E-state index contributed by atoms with van der Waals surface area (Å²) in [5, 5.41) is 0. The van der Waals surface area contributed by atoms with Crippen molar-refractivity contribution in [2.45, 2.75) is 175 Å². The van der Waals surface area contributed by atoms with Crippen molar-refractivity contribution in [1.82, 2.24) is 0 Å². The van der Waals surface area contributed by atoms with Crippen molar-refractivity contribution >= 4 is 17.9 Å². The van der Waals surface area contributed by atoms with Gasteiger partial charge in [-0.05, 0) is 89.9 Å². The molecule has 0 aliphatic carbocycles. The number of ether oxygens (including phenoxy) is 3. The largest absolute Gasteiger partial charge is 0.462 e. The number of carbonyl (C=O) groups excluding carboxylic acids is 3. The molecule has 6 heteroatoms. The topological polar surface area (TPSA) is 78.9 Å². The van der Waals surface area contributed by atoms with Gasteiger partial charge in [-0.1, -0.05) is 229 Å². The van der Waals surface area contributed by atoms with Crippen LogP contribution in [0.2, 0.25) is 0 Å². The molecule has 0 aromatic rings. The maximum atomic E-state index is 12.8. The van der Waals surface area contributed by atoms with E-state index < -0.39 is 12.1 Å². The van der Waals surface area contributed by atoms with E-state index in [4.69, 9.17) is 14.2 Å². The van der Waals surface area contributed by atoms with E-state index in [1.54, 1.807) is 0 Å². The molecule has 0 rings (SSSR count). The van der Waals surface area contributed by atoms with Gasteiger partial charge in [0.25, 0.3) is 0 Å². The molecule has 0 fully saturated rings. The predicted molar refractivity (Wildman–Crippen MR) is 283 cm³/mol. The molecule has 1 unspecified atom stereocenters. The first kappa shape index (κ1) is 60.8. The number of rotatable bonds is 42. The van der Waals surface area contributed by atoms with E-state index in [9.17, 15) is 14.4 Å². The molecule has 0 bridgehead atoms. The lowest BCUT2D eigenvalue weighted by molar-refractivity contribution is -0.167. The third-order valence-corrected chi connectivity index (χ3v) is 9.66. The molecule has 0 N–H and O–H groups in total. The summed E-state index contributed by atoms with van der Waals surface area (Å²) in [6.07, 6.45) is 77.7. The highest BCUT2D eigenvalue weighted by Crippen LogP contribution is 2.11. The van der Waals surface area contributed by atoms with Crippen LogP contribution >= 0.6 is 0 Å². The number of carbonyl (C=O) groups is 3. The molecule has 0 aliphatic rings. The number of hydrogen-bond donors (Lipinski definition) is 0. The number of allylic oxidation sites excluding steroid dienone is 28. The number of unbranched alkanes of at least 4 members (excludes halogenated alkanes) is 11. The van der Waals surface area contributed by atoms with Gasteiger partial charge in [-0.25, -0.2) is 0 Å². The molecule has 0 radical (unpaired) electrons. The highest BCUT2D eigenvalue weighted by Gasteiger charge is 2.19. The molecule has 0 saturated carbocycles. The summed E-state index contributed by atoms with van der Waals surface area (Å²) in [6.45, 7) is 6.20. The van der Waals surface area contributed by atoms with E-state index in [1.165, 1.54) is 32.1 Å². The van der Waals surface area contributed by atoms with Crippen LogP contribution in [-0.4, -0.2) is 37.2 Å². The lowest BCUT2D eigenvalue weighted by atomic mass is 10.1. The fourth-order valence-corrected chi connectivity index (χ4v) is 5.90. The summed E-state index contributed by atoms with van der Waals surface area (Å²) in [5.74, 6) is -1.12. The van der Waals surface area contributed by atoms with Gasteiger partial charge in [-0.3, -0.25) is 14.4 Å². The Morgan fingerprint density at radius 3 is 1.20 bits per heavy atom. The van der Waals surface area contributed by atoms with Crippen molar-refractivity contribution in [2.24, 2.45) is 0 Å². The normalized spacial score (nSPS) is 13.6. The molecule has 1 atom stereocenters. The highest BCUT2D eigenvalue weighted by molar-refractivity contribution is 5.71. The van der Waals surface area contributed by atoms with Gasteiger partial charge in [0.15, 0.2) is 6.10 Å². The molecule has 0 aliphatic heterocycles. The van der Waals surface area contributed by atoms with E-state index in [0.717, 1.165) is 83.5 Å². The first-order valence-electron chi connectivity index (χ1n) is 25.3. The summed E-state index contributed by atoms with van der Waals surface area (Å²) in [5.41, 5.74) is 0. The third-order valence-electron chi connectivity index (χ3n) is 9.66. The molecule has 0 aromatic heterocycles. The Balaban J connectivity index is 4.67. The minimum atomic E-state index is -0.856. The van der Waals surface area contributed by atoms with Crippen molar-refractivity contribution in [2.75, 3.05) is 13.2 Å². The van der Waals surface area contributed by atoms with Crippen molar-refractivity contribution in [3.8, 4) is 0 Å². The second-order valence-corrected chi connectivity index (χ2v) is 15.9. The summed E-state index contributed by atoms with van der Waals surface area (Å²) in [6, 6.07) is 0. The van der Waals surface area contributed by atoms with Gasteiger partial charge >= 0.3 is 17.9 Å². The molecule has 364 valence electrons. The lowest BCUT2D eigenvalue weighted by Crippen LogP contribution is -2.30. The van der Waals surface area contributed by atoms with Gasteiger partial charge < -0.3 is 14.2 Å². The highest BCUT2D eigenvalue weighted by atomic mass is 16.6. The summed E-state index contributed by atoms with van der Waals surface area (Å²) < 4.78 is 16.6. The van der Waals surface area contributed by atoms with E-state index in [1.807, 2.05) is 91.1 Å². The Bertz CT molecular complexity index is 1600. The first-order valence-corrected chi connectivity index (χ1v) is 25.3. The Labute approximate surface area is 402 Å². The van der Waals surface area contributed by atoms with Crippen molar-refractivity contribution in [1.29, 1.82) is 0 Å². The third kappa shape index (κ3) is 49.8. The average Bonchev–Trinajstić information content (AvgIpc) is 3.31. The van der Waals surface area contributed by atoms with E-state index in [2.05, 4.69) is 99.8 Å². The quantitative estimate of drug-likeness (QED) is 0.0200. The zero-order valence-electron chi connectivity index (χ0n) is 41.4. The molecule has 6 nitrogen and oxygen atoms in total. The number of esters is 3. The molecular weight excluding hydrogens is 817 g/mol. The monoisotopic (exact) mass is 905 g/mol. The van der Waals surface area contributed by atoms with Gasteiger partial charge in [0.05, 0.1) is 0 Å². The van der Waals surface area contributed by atoms with Crippen LogP contribution in [0.5, 0.6) is 0 Å². The maximum absolute atomic E-state index is 12.8. The Morgan fingerprint density at radius 2 is 0.697 bits per heavy atom. The lowest BCUT2D eigenvalue weighted by Gasteiger charge is -2.18. The molecule has 0 amide bonds. The van der Waals surface area contributed by atoms with Gasteiger partial charge in [-0.2, -0.15) is 0 Å². The van der Waals surface area contributed by atoms with Gasteiger partial charge in [0.2, 0.25) is 0 Å². The fraction of sp³-hybridized carbons (Fsp3) is 0.483. The predicted octanol–water partition coefficient (Wildman–Crippen LogP) is 16.8. The molecular formula is C60H88O6. The van der Waals surface area contributed by atoms with Crippen LogP contribution in [0.1, 0.15) is 168 Å². The van der Waals surface area contributed by atoms with E-state index in [0.29, 0.717) is 19.3 Å². The summed E-state index contributed by atoms with van der Waals surface area (Å²) >= 11 is 0. The fourth-order valence-electron chi connectivity index (χ4n) is 5.90. The van der Waals surface area contributed by atoms with Crippen molar-refractivity contribution in [3.05, 3.63) is 170 Å². The standard InChI is InChI=1S/C60H88O6/c1-4-7-10-13-16-19-22-25-27-29-31-32-35-38-41-44-47-50-53-59(62)65-56-57(55-64-58(61)52-49-46-43-40-37-34-24-21-18-15-12-9-6-3)66-60(63)54-51-48-45-42-39-36-33-30-28-26-23-20-17-14-11-8-5-2/h9-10,12-13,15-22,24-29,31-34,36-37,40,42-43,45,57H,4-8,11,14,23,30,35,38-39,41,44,46-56H2,1-3H3/b12-9-,13-10-,18-15-,19-16-,20-17-,24-21-,25-22-,28-26-,29-27-,32-31-,36-33-,37-34-,43-40-,45-42-. The van der Waals surface area contributed by atoms with Gasteiger partial charge in [0.1, 0.15) is 13.2 Å². The second kappa shape index (κ2) is 52.4. The summed E-state index contributed by atoms with van der Waals surface area (Å²) in [7, 11) is 0. The van der Waals surface area contributed by atoms with Crippen LogP contribution in [0.4, 0.5) is 0 Å². The van der Waals surface area contributed by atoms with E-state index in [-0.39, 0.29) is 38.0 Å². The Morgan fingerprint density at radius 1 is 0.333 bits per heavy atom. The van der Waals surface area contributed by atoms with Gasteiger partial charge in [-0.15, -0.1) is 0 Å². The molecule has 0 spiro atoms. The first-order chi connectivity index (χ1) is 32.5. The van der Waals surface area contributed by atoms with Crippen molar-refractivity contribution < 1.29 is 28.6 Å². The maximum Gasteiger partial charge on any atom is 0.306 e. The minimum absolute atomic E-state index is 0.145. The summed E-state index contributed by atoms with van der Waals surface area (Å²) in [4.78, 5) is 37.9. The zero-order valence-corrected chi connectivity index (χ0v) is 41.4. The van der Waals surface area contributed by atoms with Gasteiger partial charge in [0, 0.05) is 19.3 Å². The van der Waals surface area contributed by atoms with Crippen LogP contribution in [0.3, 0.4) is 0 Å². The smallest absolute Gasteiger partial charge is 0.306 e. The Kier molecular flexibility index (Phi) is 48.2. The second-order valence-electron chi connectivity index (χ2n) is 15.9. The minimum Gasteiger partial charge on any atom is -0.462 e. The van der Waals surface area contributed by atoms with Crippen LogP contribution in [0.25, 0.3) is 0 Å². The Hall–Kier alpha value is -5.23. The molecule has 0 saturated heterocycles. The molecule has 66 heavy (non-hydrogen) atoms.